The number of carbonyl (C=O) groups excluding carboxylic acids is 2. The molecule has 0 radical (unpaired) electrons. The molecule has 0 unspecified atom stereocenters. The number of primary amides is 1. The van der Waals surface area contributed by atoms with Gasteiger partial charge < -0.3 is 20.3 Å². The number of ether oxygens (including phenoxy) is 1. The molecule has 1 amide bonds. The Bertz CT molecular complexity index is 1160. The molecule has 8 heteroatoms. The third-order valence-corrected chi connectivity index (χ3v) is 8.20. The van der Waals surface area contributed by atoms with Crippen molar-refractivity contribution >= 4 is 17.4 Å². The molecule has 1 aromatic carbocycles. The van der Waals surface area contributed by atoms with E-state index in [4.69, 9.17) is 15.6 Å². The molecule has 3 aliphatic rings. The summed E-state index contributed by atoms with van der Waals surface area (Å²) in [5, 5.41) is 4.76. The van der Waals surface area contributed by atoms with E-state index in [9.17, 15) is 9.59 Å². The lowest BCUT2D eigenvalue weighted by molar-refractivity contribution is 0.0212. The van der Waals surface area contributed by atoms with Crippen molar-refractivity contribution in [3.8, 4) is 5.69 Å². The van der Waals surface area contributed by atoms with Gasteiger partial charge in [-0.2, -0.15) is 5.10 Å². The average molecular weight is 508 g/mol. The minimum atomic E-state index is -0.434. The lowest BCUT2D eigenvalue weighted by Gasteiger charge is -2.35. The van der Waals surface area contributed by atoms with Gasteiger partial charge in [0, 0.05) is 26.1 Å². The van der Waals surface area contributed by atoms with Gasteiger partial charge in [-0.25, -0.2) is 4.68 Å². The number of aromatic nitrogens is 2. The summed E-state index contributed by atoms with van der Waals surface area (Å²) < 4.78 is 8.13. The number of Topliss-reactive ketones (excluding diaryl/α,β-unsaturated/α-hetero) is 1. The van der Waals surface area contributed by atoms with Gasteiger partial charge in [0.25, 0.3) is 5.91 Å². The van der Waals surface area contributed by atoms with Crippen LogP contribution >= 0.6 is 0 Å². The number of fused-ring (bicyclic) bond motifs is 1. The smallest absolute Gasteiger partial charge is 0.250 e. The molecule has 5 rings (SSSR count). The third kappa shape index (κ3) is 5.60. The van der Waals surface area contributed by atoms with E-state index in [0.29, 0.717) is 12.0 Å². The van der Waals surface area contributed by atoms with Crippen molar-refractivity contribution in [2.24, 2.45) is 11.1 Å². The predicted molar refractivity (Wildman–Crippen MR) is 145 cm³/mol. The van der Waals surface area contributed by atoms with Crippen LogP contribution in [-0.2, 0) is 11.2 Å². The summed E-state index contributed by atoms with van der Waals surface area (Å²) in [6, 6.07) is 5.70. The Morgan fingerprint density at radius 3 is 2.54 bits per heavy atom. The van der Waals surface area contributed by atoms with E-state index < -0.39 is 5.91 Å². The van der Waals surface area contributed by atoms with Crippen LogP contribution in [-0.4, -0.2) is 71.8 Å². The highest BCUT2D eigenvalue weighted by molar-refractivity contribution is 6.00. The third-order valence-electron chi connectivity index (χ3n) is 8.20. The number of benzene rings is 1. The van der Waals surface area contributed by atoms with Crippen molar-refractivity contribution < 1.29 is 14.3 Å². The fourth-order valence-electron chi connectivity index (χ4n) is 6.27. The quantitative estimate of drug-likeness (QED) is 0.611. The first kappa shape index (κ1) is 25.9. The number of aryl methyl sites for hydroxylation is 1. The first-order valence-electron chi connectivity index (χ1n) is 13.9. The van der Waals surface area contributed by atoms with Gasteiger partial charge in [-0.15, -0.1) is 0 Å². The van der Waals surface area contributed by atoms with Crippen LogP contribution in [0.3, 0.4) is 0 Å². The highest BCUT2D eigenvalue weighted by Crippen LogP contribution is 2.37. The van der Waals surface area contributed by atoms with Gasteiger partial charge in [0.1, 0.15) is 0 Å². The van der Waals surface area contributed by atoms with Crippen molar-refractivity contribution in [3.63, 3.8) is 0 Å². The number of likely N-dealkylation sites (tertiary alicyclic amines) is 1. The molecule has 37 heavy (non-hydrogen) atoms. The Kier molecular flexibility index (Phi) is 7.41. The molecule has 0 atom stereocenters. The molecular formula is C29H41N5O3. The van der Waals surface area contributed by atoms with Crippen LogP contribution in [0.2, 0.25) is 0 Å². The van der Waals surface area contributed by atoms with Gasteiger partial charge in [-0.1, -0.05) is 20.3 Å². The summed E-state index contributed by atoms with van der Waals surface area (Å²) >= 11 is 0. The van der Waals surface area contributed by atoms with Crippen LogP contribution < -0.4 is 10.6 Å². The van der Waals surface area contributed by atoms with E-state index in [1.54, 1.807) is 6.07 Å². The summed E-state index contributed by atoms with van der Waals surface area (Å²) in [6.45, 7) is 12.0. The monoisotopic (exact) mass is 507 g/mol. The van der Waals surface area contributed by atoms with E-state index in [2.05, 4.69) is 23.6 Å². The zero-order chi connectivity index (χ0) is 26.2. The Balaban J connectivity index is 1.31. The zero-order valence-electron chi connectivity index (χ0n) is 22.6. The SMILES string of the molecule is Cc1nn(-c2ccc(C(N)=O)c(N3CCC(OCCN4CCCCC4)CC3)c2)c2c1C(=O)CC(C)(C)C2. The summed E-state index contributed by atoms with van der Waals surface area (Å²) in [5.74, 6) is -0.275. The Morgan fingerprint density at radius 2 is 1.84 bits per heavy atom. The minimum Gasteiger partial charge on any atom is -0.377 e. The number of hydrogen-bond acceptors (Lipinski definition) is 6. The molecule has 2 N–H and O–H groups in total. The van der Waals surface area contributed by atoms with Crippen molar-refractivity contribution in [1.82, 2.24) is 14.7 Å². The van der Waals surface area contributed by atoms with E-state index in [-0.39, 0.29) is 17.3 Å². The van der Waals surface area contributed by atoms with Gasteiger partial charge >= 0.3 is 0 Å². The molecule has 1 aliphatic carbocycles. The Morgan fingerprint density at radius 1 is 1.11 bits per heavy atom. The van der Waals surface area contributed by atoms with E-state index >= 15 is 0 Å². The maximum absolute atomic E-state index is 12.9. The van der Waals surface area contributed by atoms with Crippen LogP contribution in [0.15, 0.2) is 18.2 Å². The lowest BCUT2D eigenvalue weighted by atomic mass is 9.75. The summed E-state index contributed by atoms with van der Waals surface area (Å²) in [5.41, 5.74) is 10.3. The van der Waals surface area contributed by atoms with Crippen molar-refractivity contribution in [2.45, 2.75) is 71.8 Å². The standard InChI is InChI=1S/C29H41N5O3/c1-20-27-25(18-29(2,3)19-26(27)35)34(31-20)21-7-8-23(28(30)36)24(17-21)33-13-9-22(10-14-33)37-16-15-32-11-5-4-6-12-32/h7-8,17,22H,4-6,9-16,18-19H2,1-3H3,(H2,30,36). The molecule has 2 aliphatic heterocycles. The number of anilines is 1. The molecule has 8 nitrogen and oxygen atoms in total. The van der Waals surface area contributed by atoms with E-state index in [1.165, 1.54) is 32.4 Å². The number of amides is 1. The van der Waals surface area contributed by atoms with Crippen LogP contribution in [0.1, 0.15) is 84.5 Å². The number of piperidine rings is 2. The molecular weight excluding hydrogens is 466 g/mol. The van der Waals surface area contributed by atoms with Crippen LogP contribution in [0.25, 0.3) is 5.69 Å². The number of carbonyl (C=O) groups is 2. The highest BCUT2D eigenvalue weighted by Gasteiger charge is 2.36. The average Bonchev–Trinajstić information content (AvgIpc) is 3.19. The number of nitrogens with zero attached hydrogens (tertiary/aromatic N) is 4. The highest BCUT2D eigenvalue weighted by atomic mass is 16.5. The predicted octanol–water partition coefficient (Wildman–Crippen LogP) is 3.91. The second kappa shape index (κ2) is 10.6. The Labute approximate surface area is 220 Å². The minimum absolute atomic E-state index is 0.111. The first-order chi connectivity index (χ1) is 17.7. The van der Waals surface area contributed by atoms with E-state index in [1.807, 2.05) is 23.7 Å². The molecule has 0 saturated carbocycles. The fourth-order valence-corrected chi connectivity index (χ4v) is 6.27. The molecule has 2 aromatic rings. The van der Waals surface area contributed by atoms with Crippen molar-refractivity contribution in [1.29, 1.82) is 0 Å². The molecule has 0 spiro atoms. The van der Waals surface area contributed by atoms with Gasteiger partial charge in [0.15, 0.2) is 5.78 Å². The maximum atomic E-state index is 12.9. The topological polar surface area (TPSA) is 93.7 Å². The zero-order valence-corrected chi connectivity index (χ0v) is 22.6. The number of ketones is 1. The summed E-state index contributed by atoms with van der Waals surface area (Å²) in [4.78, 5) is 30.0. The molecule has 0 bridgehead atoms. The van der Waals surface area contributed by atoms with Crippen LogP contribution in [0, 0.1) is 12.3 Å². The Hall–Kier alpha value is -2.71. The molecule has 200 valence electrons. The fraction of sp³-hybridized carbons (Fsp3) is 0.621. The normalized spacial score (nSPS) is 20.7. The number of nitrogens with two attached hydrogens (primary N) is 1. The molecule has 2 saturated heterocycles. The van der Waals surface area contributed by atoms with Crippen molar-refractivity contribution in [3.05, 3.63) is 40.7 Å². The lowest BCUT2D eigenvalue weighted by Crippen LogP contribution is -2.39. The molecule has 3 heterocycles. The van der Waals surface area contributed by atoms with Crippen LogP contribution in [0.4, 0.5) is 5.69 Å². The second-order valence-electron chi connectivity index (χ2n) is 11.8. The maximum Gasteiger partial charge on any atom is 0.250 e. The van der Waals surface area contributed by atoms with E-state index in [0.717, 1.165) is 73.8 Å². The van der Waals surface area contributed by atoms with Crippen molar-refractivity contribution in [2.75, 3.05) is 44.2 Å². The first-order valence-corrected chi connectivity index (χ1v) is 13.9. The second-order valence-corrected chi connectivity index (χ2v) is 11.8. The number of hydrogen-bond donors (Lipinski definition) is 1. The van der Waals surface area contributed by atoms with Crippen LogP contribution in [0.5, 0.6) is 0 Å². The molecule has 2 fully saturated rings. The largest absolute Gasteiger partial charge is 0.377 e. The number of rotatable bonds is 7. The molecule has 1 aromatic heterocycles. The van der Waals surface area contributed by atoms with Gasteiger partial charge in [-0.3, -0.25) is 9.59 Å². The summed E-state index contributed by atoms with van der Waals surface area (Å²) in [6.07, 6.45) is 7.35. The van der Waals surface area contributed by atoms with Gasteiger partial charge in [0.2, 0.25) is 0 Å². The summed E-state index contributed by atoms with van der Waals surface area (Å²) in [7, 11) is 0. The van der Waals surface area contributed by atoms with Gasteiger partial charge in [-0.05, 0) is 75.7 Å². The van der Waals surface area contributed by atoms with Gasteiger partial charge in [0.05, 0.1) is 46.6 Å².